The van der Waals surface area contributed by atoms with Gasteiger partial charge in [0.2, 0.25) is 5.91 Å². The minimum absolute atomic E-state index is 0.111. The molecule has 4 rings (SSSR count). The highest BCUT2D eigenvalue weighted by atomic mass is 35.5. The highest BCUT2D eigenvalue weighted by molar-refractivity contribution is 6.17. The van der Waals surface area contributed by atoms with Crippen LogP contribution < -0.4 is 5.32 Å². The molecule has 0 aliphatic heterocycles. The van der Waals surface area contributed by atoms with Crippen LogP contribution in [0.5, 0.6) is 0 Å². The zero-order valence-corrected chi connectivity index (χ0v) is 19.9. The van der Waals surface area contributed by atoms with Gasteiger partial charge in [0.15, 0.2) is 0 Å². The van der Waals surface area contributed by atoms with Crippen LogP contribution in [0.15, 0.2) is 0 Å². The van der Waals surface area contributed by atoms with Gasteiger partial charge in [0.05, 0.1) is 19.8 Å². The molecule has 4 aliphatic rings. The molecule has 1 N–H and O–H groups in total. The van der Waals surface area contributed by atoms with Gasteiger partial charge in [-0.25, -0.2) is 0 Å². The largest absolute Gasteiger partial charge is 0.379 e. The second-order valence-corrected chi connectivity index (χ2v) is 10.9. The van der Waals surface area contributed by atoms with Gasteiger partial charge in [0, 0.05) is 24.9 Å². The van der Waals surface area contributed by atoms with Crippen molar-refractivity contribution in [2.24, 2.45) is 29.1 Å². The van der Waals surface area contributed by atoms with Gasteiger partial charge >= 0.3 is 0 Å². The molecule has 0 radical (unpaired) electrons. The summed E-state index contributed by atoms with van der Waals surface area (Å²) in [4.78, 5) is 12.4. The summed E-state index contributed by atoms with van der Waals surface area (Å²) in [5, 5.41) is 3.06. The van der Waals surface area contributed by atoms with Crippen molar-refractivity contribution in [1.82, 2.24) is 5.32 Å². The first kappa shape index (κ1) is 24.3. The lowest BCUT2D eigenvalue weighted by Gasteiger charge is -2.57. The van der Waals surface area contributed by atoms with E-state index < -0.39 is 0 Å². The Morgan fingerprint density at radius 2 is 1.53 bits per heavy atom. The molecule has 30 heavy (non-hydrogen) atoms. The highest BCUT2D eigenvalue weighted by Crippen LogP contribution is 2.61. The van der Waals surface area contributed by atoms with Crippen LogP contribution in [0.25, 0.3) is 0 Å². The van der Waals surface area contributed by atoms with Crippen molar-refractivity contribution in [2.75, 3.05) is 38.9 Å². The lowest BCUT2D eigenvalue weighted by atomic mass is 9.48. The number of alkyl halides is 1. The molecule has 5 heteroatoms. The van der Waals surface area contributed by atoms with Crippen LogP contribution in [0.2, 0.25) is 0 Å². The Balaban J connectivity index is 1.17. The predicted octanol–water partition coefficient (Wildman–Crippen LogP) is 5.57. The average molecular weight is 442 g/mol. The van der Waals surface area contributed by atoms with Crippen molar-refractivity contribution in [2.45, 2.75) is 84.0 Å². The molecule has 1 amide bonds. The molecule has 4 aliphatic carbocycles. The van der Waals surface area contributed by atoms with Crippen molar-refractivity contribution in [3.63, 3.8) is 0 Å². The van der Waals surface area contributed by atoms with E-state index in [9.17, 15) is 4.79 Å². The van der Waals surface area contributed by atoms with Crippen molar-refractivity contribution >= 4 is 17.5 Å². The Morgan fingerprint density at radius 1 is 0.933 bits per heavy atom. The van der Waals surface area contributed by atoms with Gasteiger partial charge in [-0.2, -0.15) is 0 Å². The standard InChI is InChI=1S/C25H44ClNO3/c1-20(6-7-25-17-21-14-22(18-25)16-23(15-21)19-25)24(28)27-9-11-30-13-12-29-10-5-3-2-4-8-26/h20-23H,2-19H2,1H3,(H,27,28). The van der Waals surface area contributed by atoms with Crippen LogP contribution in [0.4, 0.5) is 0 Å². The van der Waals surface area contributed by atoms with E-state index in [0.29, 0.717) is 31.8 Å². The zero-order valence-electron chi connectivity index (χ0n) is 19.1. The monoisotopic (exact) mass is 441 g/mol. The van der Waals surface area contributed by atoms with Crippen LogP contribution in [0.1, 0.15) is 84.0 Å². The summed E-state index contributed by atoms with van der Waals surface area (Å²) in [6, 6.07) is 0. The Hall–Kier alpha value is -0.320. The first-order chi connectivity index (χ1) is 14.6. The molecule has 1 atom stereocenters. The van der Waals surface area contributed by atoms with Crippen molar-refractivity contribution < 1.29 is 14.3 Å². The lowest BCUT2D eigenvalue weighted by Crippen LogP contribution is -2.46. The molecular weight excluding hydrogens is 398 g/mol. The summed E-state index contributed by atoms with van der Waals surface area (Å²) >= 11 is 5.66. The van der Waals surface area contributed by atoms with Gasteiger partial charge in [0.1, 0.15) is 0 Å². The Labute approximate surface area is 189 Å². The predicted molar refractivity (Wildman–Crippen MR) is 123 cm³/mol. The molecule has 0 spiro atoms. The molecule has 0 aromatic heterocycles. The number of unbranched alkanes of at least 4 members (excludes halogenated alkanes) is 3. The third-order valence-electron chi connectivity index (χ3n) is 7.81. The maximum Gasteiger partial charge on any atom is 0.222 e. The molecule has 174 valence electrons. The number of halogens is 1. The summed E-state index contributed by atoms with van der Waals surface area (Å²) in [6.07, 6.45) is 15.7. The molecule has 0 saturated heterocycles. The Kier molecular flexibility index (Phi) is 10.3. The summed E-state index contributed by atoms with van der Waals surface area (Å²) in [6.45, 7) is 5.27. The quantitative estimate of drug-likeness (QED) is 0.251. The number of rotatable bonds is 16. The Bertz CT molecular complexity index is 477. The van der Waals surface area contributed by atoms with E-state index in [1.165, 1.54) is 57.8 Å². The summed E-state index contributed by atoms with van der Waals surface area (Å²) in [5.41, 5.74) is 0.580. The fourth-order valence-electron chi connectivity index (χ4n) is 6.64. The summed E-state index contributed by atoms with van der Waals surface area (Å²) < 4.78 is 11.1. The SMILES string of the molecule is CC(CCC12CC3CC(CC(C3)C1)C2)C(=O)NCCOCCOCCCCCCCl. The van der Waals surface area contributed by atoms with Gasteiger partial charge in [-0.15, -0.1) is 11.6 Å². The number of ether oxygens (including phenoxy) is 2. The fraction of sp³-hybridized carbons (Fsp3) is 0.960. The van der Waals surface area contributed by atoms with E-state index in [4.69, 9.17) is 21.1 Å². The first-order valence-electron chi connectivity index (χ1n) is 12.6. The first-order valence-corrected chi connectivity index (χ1v) is 13.1. The molecule has 4 bridgehead atoms. The molecule has 1 unspecified atom stereocenters. The van der Waals surface area contributed by atoms with Gasteiger partial charge in [-0.1, -0.05) is 19.8 Å². The van der Waals surface area contributed by atoms with E-state index in [2.05, 4.69) is 12.2 Å². The number of carbonyl (C=O) groups excluding carboxylic acids is 1. The molecule has 0 aromatic rings. The van der Waals surface area contributed by atoms with Crippen LogP contribution in [-0.4, -0.2) is 44.8 Å². The van der Waals surface area contributed by atoms with Crippen molar-refractivity contribution in [3.8, 4) is 0 Å². The zero-order chi connectivity index (χ0) is 21.2. The maximum absolute atomic E-state index is 12.4. The average Bonchev–Trinajstić information content (AvgIpc) is 2.71. The van der Waals surface area contributed by atoms with E-state index in [-0.39, 0.29) is 11.8 Å². The molecule has 4 fully saturated rings. The highest BCUT2D eigenvalue weighted by Gasteiger charge is 2.50. The van der Waals surface area contributed by atoms with Gasteiger partial charge < -0.3 is 14.8 Å². The molecule has 4 saturated carbocycles. The molecular formula is C25H44ClNO3. The van der Waals surface area contributed by atoms with Gasteiger partial charge in [0.25, 0.3) is 0 Å². The maximum atomic E-state index is 12.4. The minimum Gasteiger partial charge on any atom is -0.379 e. The van der Waals surface area contributed by atoms with E-state index >= 15 is 0 Å². The Morgan fingerprint density at radius 3 is 2.17 bits per heavy atom. The normalized spacial score (nSPS) is 30.5. The van der Waals surface area contributed by atoms with E-state index in [1.54, 1.807) is 0 Å². The molecule has 0 heterocycles. The number of amides is 1. The number of hydrogen-bond donors (Lipinski definition) is 1. The van der Waals surface area contributed by atoms with Gasteiger partial charge in [-0.3, -0.25) is 4.79 Å². The molecule has 0 aromatic carbocycles. The molecule has 4 nitrogen and oxygen atoms in total. The van der Waals surface area contributed by atoms with Crippen molar-refractivity contribution in [3.05, 3.63) is 0 Å². The number of hydrogen-bond acceptors (Lipinski definition) is 3. The number of nitrogens with one attached hydrogen (secondary N) is 1. The third kappa shape index (κ3) is 7.67. The minimum atomic E-state index is 0.111. The summed E-state index contributed by atoms with van der Waals surface area (Å²) in [5.74, 6) is 4.05. The lowest BCUT2D eigenvalue weighted by molar-refractivity contribution is -0.125. The second-order valence-electron chi connectivity index (χ2n) is 10.5. The second kappa shape index (κ2) is 12.6. The van der Waals surface area contributed by atoms with E-state index in [1.807, 2.05) is 0 Å². The fourth-order valence-corrected chi connectivity index (χ4v) is 6.83. The summed E-state index contributed by atoms with van der Waals surface area (Å²) in [7, 11) is 0. The van der Waals surface area contributed by atoms with Gasteiger partial charge in [-0.05, 0) is 87.4 Å². The van der Waals surface area contributed by atoms with Crippen molar-refractivity contribution in [1.29, 1.82) is 0 Å². The van der Waals surface area contributed by atoms with Crippen LogP contribution in [0, 0.1) is 29.1 Å². The van der Waals surface area contributed by atoms with Crippen LogP contribution in [-0.2, 0) is 14.3 Å². The smallest absolute Gasteiger partial charge is 0.222 e. The van der Waals surface area contributed by atoms with Crippen LogP contribution in [0.3, 0.4) is 0 Å². The topological polar surface area (TPSA) is 47.6 Å². The number of carbonyl (C=O) groups is 1. The third-order valence-corrected chi connectivity index (χ3v) is 8.08. The van der Waals surface area contributed by atoms with Crippen LogP contribution >= 0.6 is 11.6 Å². The van der Waals surface area contributed by atoms with E-state index in [0.717, 1.165) is 49.5 Å².